The largest absolute Gasteiger partial charge is 0.378 e. The maximum Gasteiger partial charge on any atom is 0.261 e. The maximum absolute atomic E-state index is 12.1. The fourth-order valence-corrected chi connectivity index (χ4v) is 4.60. The molecule has 1 saturated heterocycles. The first kappa shape index (κ1) is 13.4. The van der Waals surface area contributed by atoms with E-state index in [0.717, 1.165) is 30.2 Å². The Morgan fingerprint density at radius 2 is 2.53 bits per heavy atom. The van der Waals surface area contributed by atoms with Crippen LogP contribution in [-0.2, 0) is 16.9 Å². The third-order valence-electron chi connectivity index (χ3n) is 3.36. The number of thiophene rings is 1. The molecular weight excluding hydrogens is 280 g/mol. The summed E-state index contributed by atoms with van der Waals surface area (Å²) in [6, 6.07) is 2.30. The van der Waals surface area contributed by atoms with Crippen LogP contribution < -0.4 is 10.6 Å². The van der Waals surface area contributed by atoms with Crippen LogP contribution in [0.3, 0.4) is 0 Å². The van der Waals surface area contributed by atoms with Crippen LogP contribution in [0.25, 0.3) is 0 Å². The molecule has 19 heavy (non-hydrogen) atoms. The molecule has 1 unspecified atom stereocenters. The van der Waals surface area contributed by atoms with Gasteiger partial charge in [-0.25, -0.2) is 0 Å². The number of thioether (sulfide) groups is 1. The number of carbonyl (C=O) groups is 1. The second kappa shape index (κ2) is 6.26. The predicted octanol–water partition coefficient (Wildman–Crippen LogP) is 1.26. The summed E-state index contributed by atoms with van der Waals surface area (Å²) in [4.78, 5) is 14.4. The molecule has 2 aliphatic heterocycles. The summed E-state index contributed by atoms with van der Waals surface area (Å²) >= 11 is 3.60. The number of fused-ring (bicyclic) bond motifs is 1. The molecule has 3 heterocycles. The molecular formula is C13H18N2O2S2. The summed E-state index contributed by atoms with van der Waals surface area (Å²) in [6.07, 6.45) is 1.11. The molecule has 1 aromatic rings. The van der Waals surface area contributed by atoms with E-state index < -0.39 is 0 Å². The molecule has 0 bridgehead atoms. The first-order valence-electron chi connectivity index (χ1n) is 6.61. The van der Waals surface area contributed by atoms with Gasteiger partial charge in [-0.15, -0.1) is 11.3 Å². The van der Waals surface area contributed by atoms with E-state index in [9.17, 15) is 4.79 Å². The average molecular weight is 298 g/mol. The molecule has 0 radical (unpaired) electrons. The van der Waals surface area contributed by atoms with E-state index >= 15 is 0 Å². The molecule has 2 aliphatic rings. The van der Waals surface area contributed by atoms with Gasteiger partial charge in [0.15, 0.2) is 0 Å². The molecule has 6 heteroatoms. The minimum Gasteiger partial charge on any atom is -0.378 e. The van der Waals surface area contributed by atoms with Crippen molar-refractivity contribution in [2.45, 2.75) is 18.2 Å². The second-order valence-electron chi connectivity index (χ2n) is 4.80. The van der Waals surface area contributed by atoms with Crippen molar-refractivity contribution in [2.24, 2.45) is 0 Å². The lowest BCUT2D eigenvalue weighted by atomic mass is 10.2. The molecule has 1 fully saturated rings. The third kappa shape index (κ3) is 3.31. The summed E-state index contributed by atoms with van der Waals surface area (Å²) < 4.78 is 5.37. The third-order valence-corrected chi connectivity index (χ3v) is 5.60. The maximum atomic E-state index is 12.1. The number of carbonyl (C=O) groups excluding carboxylic acids is 1. The summed E-state index contributed by atoms with van der Waals surface area (Å²) in [5.74, 6) is 2.28. The first-order chi connectivity index (χ1) is 9.33. The summed E-state index contributed by atoms with van der Waals surface area (Å²) in [6.45, 7) is 2.94. The van der Waals surface area contributed by atoms with Crippen molar-refractivity contribution in [3.05, 3.63) is 21.4 Å². The quantitative estimate of drug-likeness (QED) is 0.882. The monoisotopic (exact) mass is 298 g/mol. The SMILES string of the molecule is O=C(NCC1COCCN1)c1cc2c(s1)CCSC2. The lowest BCUT2D eigenvalue weighted by Crippen LogP contribution is -2.48. The lowest BCUT2D eigenvalue weighted by molar-refractivity contribution is 0.0735. The van der Waals surface area contributed by atoms with E-state index in [1.54, 1.807) is 11.3 Å². The highest BCUT2D eigenvalue weighted by Gasteiger charge is 2.19. The van der Waals surface area contributed by atoms with Gasteiger partial charge in [0.1, 0.15) is 0 Å². The fourth-order valence-electron chi connectivity index (χ4n) is 2.31. The zero-order valence-corrected chi connectivity index (χ0v) is 12.4. The Bertz CT molecular complexity index is 432. The van der Waals surface area contributed by atoms with Gasteiger partial charge in [0.2, 0.25) is 0 Å². The smallest absolute Gasteiger partial charge is 0.261 e. The first-order valence-corrected chi connectivity index (χ1v) is 8.59. The Hall–Kier alpha value is -0.560. The predicted molar refractivity (Wildman–Crippen MR) is 79.1 cm³/mol. The van der Waals surface area contributed by atoms with Crippen LogP contribution in [-0.4, -0.2) is 44.0 Å². The Labute approximate surface area is 121 Å². The molecule has 1 amide bonds. The molecule has 4 nitrogen and oxygen atoms in total. The van der Waals surface area contributed by atoms with Crippen LogP contribution in [0.15, 0.2) is 6.07 Å². The van der Waals surface area contributed by atoms with Gasteiger partial charge in [0.05, 0.1) is 18.1 Å². The number of hydrogen-bond donors (Lipinski definition) is 2. The number of aryl methyl sites for hydroxylation is 1. The molecule has 1 aromatic heterocycles. The van der Waals surface area contributed by atoms with E-state index in [2.05, 4.69) is 16.7 Å². The van der Waals surface area contributed by atoms with Crippen LogP contribution in [0.4, 0.5) is 0 Å². The van der Waals surface area contributed by atoms with Crippen molar-refractivity contribution in [3.8, 4) is 0 Å². The van der Waals surface area contributed by atoms with E-state index in [1.807, 2.05) is 11.8 Å². The highest BCUT2D eigenvalue weighted by Crippen LogP contribution is 2.31. The average Bonchev–Trinajstić information content (AvgIpc) is 2.90. The van der Waals surface area contributed by atoms with Gasteiger partial charge >= 0.3 is 0 Å². The lowest BCUT2D eigenvalue weighted by Gasteiger charge is -2.23. The molecule has 0 spiro atoms. The van der Waals surface area contributed by atoms with Crippen molar-refractivity contribution >= 4 is 29.0 Å². The standard InChI is InChI=1S/C13H18N2O2S2/c16-13(15-6-10-7-17-3-2-14-10)12-5-9-8-18-4-1-11(9)19-12/h5,10,14H,1-4,6-8H2,(H,15,16). The molecule has 0 aromatic carbocycles. The van der Waals surface area contributed by atoms with Crippen LogP contribution >= 0.6 is 23.1 Å². The minimum atomic E-state index is 0.0526. The Kier molecular flexibility index (Phi) is 4.42. The van der Waals surface area contributed by atoms with E-state index in [0.29, 0.717) is 13.2 Å². The molecule has 3 rings (SSSR count). The molecule has 1 atom stereocenters. The molecule has 0 aliphatic carbocycles. The number of nitrogens with one attached hydrogen (secondary N) is 2. The number of ether oxygens (including phenoxy) is 1. The van der Waals surface area contributed by atoms with Gasteiger partial charge in [0, 0.05) is 29.8 Å². The molecule has 0 saturated carbocycles. The number of hydrogen-bond acceptors (Lipinski definition) is 5. The topological polar surface area (TPSA) is 50.4 Å². The second-order valence-corrected chi connectivity index (χ2v) is 7.04. The van der Waals surface area contributed by atoms with Gasteiger partial charge in [-0.05, 0) is 23.8 Å². The van der Waals surface area contributed by atoms with Crippen molar-refractivity contribution in [1.82, 2.24) is 10.6 Å². The Morgan fingerprint density at radius 1 is 1.58 bits per heavy atom. The van der Waals surface area contributed by atoms with Crippen molar-refractivity contribution in [2.75, 3.05) is 32.1 Å². The van der Waals surface area contributed by atoms with Crippen LogP contribution in [0.1, 0.15) is 20.1 Å². The summed E-state index contributed by atoms with van der Waals surface area (Å²) in [5.41, 5.74) is 1.35. The van der Waals surface area contributed by atoms with Gasteiger partial charge in [0.25, 0.3) is 5.91 Å². The summed E-state index contributed by atoms with van der Waals surface area (Å²) in [7, 11) is 0. The van der Waals surface area contributed by atoms with Crippen LogP contribution in [0.5, 0.6) is 0 Å². The highest BCUT2D eigenvalue weighted by atomic mass is 32.2. The fraction of sp³-hybridized carbons (Fsp3) is 0.615. The summed E-state index contributed by atoms with van der Waals surface area (Å²) in [5, 5.41) is 6.34. The van der Waals surface area contributed by atoms with E-state index in [1.165, 1.54) is 16.2 Å². The number of morpholine rings is 1. The minimum absolute atomic E-state index is 0.0526. The zero-order chi connectivity index (χ0) is 13.1. The van der Waals surface area contributed by atoms with Crippen molar-refractivity contribution in [1.29, 1.82) is 0 Å². The normalized spacial score (nSPS) is 22.8. The van der Waals surface area contributed by atoms with Gasteiger partial charge < -0.3 is 15.4 Å². The van der Waals surface area contributed by atoms with Gasteiger partial charge in [-0.2, -0.15) is 11.8 Å². The molecule has 2 N–H and O–H groups in total. The Balaban J connectivity index is 1.56. The molecule has 104 valence electrons. The Morgan fingerprint density at radius 3 is 3.32 bits per heavy atom. The van der Waals surface area contributed by atoms with Crippen LogP contribution in [0.2, 0.25) is 0 Å². The van der Waals surface area contributed by atoms with E-state index in [-0.39, 0.29) is 11.9 Å². The van der Waals surface area contributed by atoms with E-state index in [4.69, 9.17) is 4.74 Å². The number of amides is 1. The van der Waals surface area contributed by atoms with Crippen molar-refractivity contribution < 1.29 is 9.53 Å². The number of rotatable bonds is 3. The van der Waals surface area contributed by atoms with Gasteiger partial charge in [-0.3, -0.25) is 4.79 Å². The highest BCUT2D eigenvalue weighted by molar-refractivity contribution is 7.98. The van der Waals surface area contributed by atoms with Gasteiger partial charge in [-0.1, -0.05) is 0 Å². The zero-order valence-electron chi connectivity index (χ0n) is 10.7. The van der Waals surface area contributed by atoms with Crippen LogP contribution in [0, 0.1) is 0 Å². The van der Waals surface area contributed by atoms with Crippen molar-refractivity contribution in [3.63, 3.8) is 0 Å².